The highest BCUT2D eigenvalue weighted by atomic mass is 127. The summed E-state index contributed by atoms with van der Waals surface area (Å²) in [5, 5.41) is 9.51. The molecule has 7 nitrogen and oxygen atoms in total. The molecule has 8 heteroatoms. The molecule has 0 spiro atoms. The van der Waals surface area contributed by atoms with Crippen LogP contribution in [0.4, 0.5) is 0 Å². The Morgan fingerprint density at radius 2 is 1.94 bits per heavy atom. The minimum absolute atomic E-state index is 0. The Kier molecular flexibility index (Phi) is 10.4. The van der Waals surface area contributed by atoms with Crippen molar-refractivity contribution in [3.05, 3.63) is 59.7 Å². The Labute approximate surface area is 201 Å². The predicted octanol–water partition coefficient (Wildman–Crippen LogP) is 3.23. The van der Waals surface area contributed by atoms with Crippen molar-refractivity contribution in [2.75, 3.05) is 20.3 Å². The van der Waals surface area contributed by atoms with E-state index in [2.05, 4.69) is 20.9 Å². The molecule has 0 bridgehead atoms. The summed E-state index contributed by atoms with van der Waals surface area (Å²) in [5.74, 6) is 2.16. The first-order chi connectivity index (χ1) is 14.7. The molecule has 168 valence electrons. The van der Waals surface area contributed by atoms with Crippen LogP contribution in [-0.4, -0.2) is 38.2 Å². The van der Waals surface area contributed by atoms with Gasteiger partial charge in [-0.3, -0.25) is 4.79 Å². The van der Waals surface area contributed by atoms with E-state index in [0.29, 0.717) is 24.9 Å². The molecule has 0 aliphatic heterocycles. The molecule has 1 aliphatic rings. The van der Waals surface area contributed by atoms with E-state index < -0.39 is 0 Å². The SMILES string of the molecule is CCNC(=NCc1cccc(OCC(=O)NC2CC2)c1)NCc1ccccc1OC.I. The maximum atomic E-state index is 11.8. The van der Waals surface area contributed by atoms with Gasteiger partial charge in [-0.2, -0.15) is 0 Å². The lowest BCUT2D eigenvalue weighted by Gasteiger charge is -2.13. The number of methoxy groups -OCH3 is 1. The number of aliphatic imine (C=N–C) groups is 1. The van der Waals surface area contributed by atoms with E-state index in [9.17, 15) is 4.79 Å². The Bertz CT molecular complexity index is 871. The van der Waals surface area contributed by atoms with Gasteiger partial charge in [-0.1, -0.05) is 30.3 Å². The van der Waals surface area contributed by atoms with E-state index in [0.717, 1.165) is 42.2 Å². The molecule has 3 N–H and O–H groups in total. The molecular formula is C23H31IN4O3. The second-order valence-electron chi connectivity index (χ2n) is 7.14. The Balaban J connectivity index is 0.00000341. The van der Waals surface area contributed by atoms with E-state index in [1.165, 1.54) is 0 Å². The highest BCUT2D eigenvalue weighted by molar-refractivity contribution is 14.0. The third-order valence-corrected chi connectivity index (χ3v) is 4.61. The molecule has 0 saturated heterocycles. The monoisotopic (exact) mass is 538 g/mol. The van der Waals surface area contributed by atoms with Crippen LogP contribution < -0.4 is 25.4 Å². The largest absolute Gasteiger partial charge is 0.496 e. The summed E-state index contributed by atoms with van der Waals surface area (Å²) >= 11 is 0. The van der Waals surface area contributed by atoms with Crippen LogP contribution in [0.1, 0.15) is 30.9 Å². The lowest BCUT2D eigenvalue weighted by Crippen LogP contribution is -2.36. The van der Waals surface area contributed by atoms with Gasteiger partial charge >= 0.3 is 0 Å². The van der Waals surface area contributed by atoms with Crippen molar-refractivity contribution in [3.63, 3.8) is 0 Å². The number of carbonyl (C=O) groups excluding carboxylic acids is 1. The fourth-order valence-corrected chi connectivity index (χ4v) is 2.92. The third-order valence-electron chi connectivity index (χ3n) is 4.61. The summed E-state index contributed by atoms with van der Waals surface area (Å²) in [6.07, 6.45) is 2.14. The zero-order valence-electron chi connectivity index (χ0n) is 18.0. The van der Waals surface area contributed by atoms with Crippen molar-refractivity contribution in [3.8, 4) is 11.5 Å². The average molecular weight is 538 g/mol. The maximum Gasteiger partial charge on any atom is 0.258 e. The molecule has 31 heavy (non-hydrogen) atoms. The number of para-hydroxylation sites is 1. The van der Waals surface area contributed by atoms with Crippen molar-refractivity contribution in [2.24, 2.45) is 4.99 Å². The summed E-state index contributed by atoms with van der Waals surface area (Å²) in [5.41, 5.74) is 2.06. The smallest absolute Gasteiger partial charge is 0.258 e. The van der Waals surface area contributed by atoms with E-state index in [4.69, 9.17) is 9.47 Å². The minimum atomic E-state index is -0.0732. The molecule has 2 aromatic rings. The number of hydrogen-bond donors (Lipinski definition) is 3. The van der Waals surface area contributed by atoms with Crippen LogP contribution in [0, 0.1) is 0 Å². The molecule has 3 rings (SSSR count). The number of benzene rings is 2. The van der Waals surface area contributed by atoms with Crippen LogP contribution in [0.5, 0.6) is 11.5 Å². The predicted molar refractivity (Wildman–Crippen MR) is 133 cm³/mol. The summed E-state index contributed by atoms with van der Waals surface area (Å²) in [7, 11) is 1.67. The first-order valence-corrected chi connectivity index (χ1v) is 10.3. The molecule has 1 saturated carbocycles. The van der Waals surface area contributed by atoms with Gasteiger partial charge in [0.1, 0.15) is 11.5 Å². The third kappa shape index (κ3) is 8.64. The average Bonchev–Trinajstić information content (AvgIpc) is 3.58. The number of ether oxygens (including phenoxy) is 2. The van der Waals surface area contributed by atoms with Gasteiger partial charge in [-0.15, -0.1) is 24.0 Å². The molecule has 1 aliphatic carbocycles. The van der Waals surface area contributed by atoms with Crippen molar-refractivity contribution in [1.29, 1.82) is 0 Å². The Hall–Kier alpha value is -2.49. The number of nitrogens with one attached hydrogen (secondary N) is 3. The summed E-state index contributed by atoms with van der Waals surface area (Å²) in [6, 6.07) is 15.9. The van der Waals surface area contributed by atoms with Gasteiger partial charge in [0.15, 0.2) is 12.6 Å². The van der Waals surface area contributed by atoms with Gasteiger partial charge in [-0.05, 0) is 43.5 Å². The molecule has 0 aromatic heterocycles. The van der Waals surface area contributed by atoms with Crippen LogP contribution in [0.2, 0.25) is 0 Å². The zero-order valence-corrected chi connectivity index (χ0v) is 20.3. The first-order valence-electron chi connectivity index (χ1n) is 10.3. The molecule has 1 amide bonds. The minimum Gasteiger partial charge on any atom is -0.496 e. The highest BCUT2D eigenvalue weighted by Crippen LogP contribution is 2.19. The van der Waals surface area contributed by atoms with Crippen LogP contribution in [0.15, 0.2) is 53.5 Å². The Morgan fingerprint density at radius 3 is 2.68 bits per heavy atom. The first kappa shape index (κ1) is 24.8. The van der Waals surface area contributed by atoms with Crippen LogP contribution in [0.3, 0.4) is 0 Å². The molecule has 0 unspecified atom stereocenters. The topological polar surface area (TPSA) is 84.0 Å². The van der Waals surface area contributed by atoms with Gasteiger partial charge in [0.25, 0.3) is 5.91 Å². The van der Waals surface area contributed by atoms with Crippen molar-refractivity contribution in [1.82, 2.24) is 16.0 Å². The second-order valence-corrected chi connectivity index (χ2v) is 7.14. The molecule has 0 atom stereocenters. The second kappa shape index (κ2) is 13.0. The summed E-state index contributed by atoms with van der Waals surface area (Å²) in [4.78, 5) is 16.4. The van der Waals surface area contributed by atoms with Gasteiger partial charge in [-0.25, -0.2) is 4.99 Å². The normalized spacial score (nSPS) is 13.0. The number of carbonyl (C=O) groups is 1. The fourth-order valence-electron chi connectivity index (χ4n) is 2.92. The number of hydrogen-bond acceptors (Lipinski definition) is 4. The van der Waals surface area contributed by atoms with E-state index in [-0.39, 0.29) is 36.5 Å². The molecule has 0 radical (unpaired) electrons. The lowest BCUT2D eigenvalue weighted by molar-refractivity contribution is -0.123. The van der Waals surface area contributed by atoms with E-state index in [1.54, 1.807) is 7.11 Å². The Morgan fingerprint density at radius 1 is 1.13 bits per heavy atom. The number of nitrogens with zero attached hydrogens (tertiary/aromatic N) is 1. The van der Waals surface area contributed by atoms with Crippen LogP contribution in [0.25, 0.3) is 0 Å². The summed E-state index contributed by atoms with van der Waals surface area (Å²) in [6.45, 7) is 3.92. The van der Waals surface area contributed by atoms with Crippen LogP contribution in [-0.2, 0) is 17.9 Å². The van der Waals surface area contributed by atoms with Crippen molar-refractivity contribution in [2.45, 2.75) is 38.9 Å². The maximum absolute atomic E-state index is 11.8. The van der Waals surface area contributed by atoms with Gasteiger partial charge in [0, 0.05) is 24.7 Å². The summed E-state index contributed by atoms with van der Waals surface area (Å²) < 4.78 is 11.0. The van der Waals surface area contributed by atoms with Crippen molar-refractivity contribution < 1.29 is 14.3 Å². The number of rotatable bonds is 10. The van der Waals surface area contributed by atoms with Gasteiger partial charge in [0.05, 0.1) is 13.7 Å². The van der Waals surface area contributed by atoms with Crippen molar-refractivity contribution >= 4 is 35.8 Å². The quantitative estimate of drug-likeness (QED) is 0.246. The van der Waals surface area contributed by atoms with E-state index >= 15 is 0 Å². The number of halogens is 1. The van der Waals surface area contributed by atoms with E-state index in [1.807, 2.05) is 55.5 Å². The molecular weight excluding hydrogens is 507 g/mol. The molecule has 1 fully saturated rings. The number of amides is 1. The molecule has 2 aromatic carbocycles. The van der Waals surface area contributed by atoms with Gasteiger partial charge in [0.2, 0.25) is 0 Å². The van der Waals surface area contributed by atoms with Gasteiger partial charge < -0.3 is 25.4 Å². The fraction of sp³-hybridized carbons (Fsp3) is 0.391. The highest BCUT2D eigenvalue weighted by Gasteiger charge is 2.23. The zero-order chi connectivity index (χ0) is 21.2. The molecule has 0 heterocycles. The van der Waals surface area contributed by atoms with Crippen LogP contribution >= 0.6 is 24.0 Å². The number of guanidine groups is 1. The lowest BCUT2D eigenvalue weighted by atomic mass is 10.2. The standard InChI is InChI=1S/C23H30N4O3.HI/c1-3-24-23(26-15-18-8-4-5-10-21(18)29-2)25-14-17-7-6-9-20(13-17)30-16-22(28)27-19-11-12-19;/h4-10,13,19H,3,11-12,14-16H2,1-2H3,(H,27,28)(H2,24,25,26);1H.